The first kappa shape index (κ1) is 15.0. The van der Waals surface area contributed by atoms with Gasteiger partial charge in [-0.15, -0.1) is 0 Å². The molecule has 0 fully saturated rings. The fraction of sp³-hybridized carbons (Fsp3) is 0.333. The molecular formula is C15H17LiO2. The van der Waals surface area contributed by atoms with Crippen LogP contribution in [0.3, 0.4) is 0 Å². The van der Waals surface area contributed by atoms with Crippen LogP contribution in [0, 0.1) is 0 Å². The average molecular weight is 236 g/mol. The van der Waals surface area contributed by atoms with Crippen LogP contribution in [0.25, 0.3) is 6.08 Å². The third-order valence-electron chi connectivity index (χ3n) is 2.90. The molecule has 0 aliphatic carbocycles. The summed E-state index contributed by atoms with van der Waals surface area (Å²) >= 11 is 0. The molecule has 0 bridgehead atoms. The molecule has 90 valence electrons. The molecule has 3 heteroatoms. The van der Waals surface area contributed by atoms with Gasteiger partial charge in [-0.05, 0) is 24.0 Å². The summed E-state index contributed by atoms with van der Waals surface area (Å²) in [5.41, 5.74) is 2.05. The fourth-order valence-electron chi connectivity index (χ4n) is 1.85. The van der Waals surface area contributed by atoms with Crippen molar-refractivity contribution >= 4 is 6.08 Å². The number of hydrogen-bond donors (Lipinski definition) is 0. The molecule has 1 aromatic rings. The molecule has 0 saturated heterocycles. The van der Waals surface area contributed by atoms with E-state index < -0.39 is 0 Å². The SMILES string of the molecule is CCCCC1=C([O-])OC1/C=C/c1ccccc1.[Li+]. The molecule has 1 unspecified atom stereocenters. The van der Waals surface area contributed by atoms with E-state index in [9.17, 15) is 5.11 Å². The first-order valence-electron chi connectivity index (χ1n) is 6.11. The predicted molar refractivity (Wildman–Crippen MR) is 66.9 cm³/mol. The molecule has 0 N–H and O–H groups in total. The summed E-state index contributed by atoms with van der Waals surface area (Å²) in [6, 6.07) is 10.0. The second kappa shape index (κ2) is 7.36. The zero-order valence-electron chi connectivity index (χ0n) is 11.1. The monoisotopic (exact) mass is 236 g/mol. The topological polar surface area (TPSA) is 32.3 Å². The molecule has 1 heterocycles. The Bertz CT molecular complexity index is 423. The van der Waals surface area contributed by atoms with Gasteiger partial charge in [0.05, 0.1) is 5.95 Å². The largest absolute Gasteiger partial charge is 1.00 e. The smallest absolute Gasteiger partial charge is 0.601 e. The molecule has 1 aromatic carbocycles. The molecule has 2 nitrogen and oxygen atoms in total. The van der Waals surface area contributed by atoms with Gasteiger partial charge >= 0.3 is 18.9 Å². The second-order valence-electron chi connectivity index (χ2n) is 4.22. The van der Waals surface area contributed by atoms with Gasteiger partial charge in [0.1, 0.15) is 0 Å². The van der Waals surface area contributed by atoms with Crippen molar-refractivity contribution in [3.8, 4) is 0 Å². The maximum absolute atomic E-state index is 11.3. The van der Waals surface area contributed by atoms with Gasteiger partial charge < -0.3 is 9.84 Å². The molecule has 0 amide bonds. The van der Waals surface area contributed by atoms with Crippen molar-refractivity contribution in [1.29, 1.82) is 0 Å². The van der Waals surface area contributed by atoms with Gasteiger partial charge in [-0.3, -0.25) is 0 Å². The van der Waals surface area contributed by atoms with E-state index in [2.05, 4.69) is 6.92 Å². The minimum atomic E-state index is -0.124. The normalized spacial score (nSPS) is 18.2. The zero-order valence-corrected chi connectivity index (χ0v) is 11.1. The standard InChI is InChI=1S/C15H18O2.Li/c1-2-3-9-13-14(17-15(13)16)11-10-12-7-5-4-6-8-12;/h4-8,10-11,14,16H,2-3,9H2,1H3;/q;+1/p-1/b11-10+;. The summed E-state index contributed by atoms with van der Waals surface area (Å²) in [4.78, 5) is 0. The van der Waals surface area contributed by atoms with Gasteiger partial charge in [-0.1, -0.05) is 55.8 Å². The van der Waals surface area contributed by atoms with Crippen LogP contribution < -0.4 is 24.0 Å². The molecule has 1 aliphatic heterocycles. The summed E-state index contributed by atoms with van der Waals surface area (Å²) in [6.07, 6.45) is 6.88. The van der Waals surface area contributed by atoms with E-state index in [1.807, 2.05) is 42.5 Å². The Balaban J connectivity index is 0.00000162. The predicted octanol–water partition coefficient (Wildman–Crippen LogP) is -0.135. The van der Waals surface area contributed by atoms with E-state index in [1.165, 1.54) is 0 Å². The van der Waals surface area contributed by atoms with Gasteiger partial charge in [0.2, 0.25) is 0 Å². The second-order valence-corrected chi connectivity index (χ2v) is 4.22. The Morgan fingerprint density at radius 1 is 1.28 bits per heavy atom. The molecule has 0 saturated carbocycles. The van der Waals surface area contributed by atoms with E-state index >= 15 is 0 Å². The van der Waals surface area contributed by atoms with E-state index in [4.69, 9.17) is 4.74 Å². The third-order valence-corrected chi connectivity index (χ3v) is 2.90. The number of benzene rings is 1. The van der Waals surface area contributed by atoms with Gasteiger partial charge in [0.25, 0.3) is 0 Å². The van der Waals surface area contributed by atoms with Gasteiger partial charge in [0.15, 0.2) is 0 Å². The first-order valence-corrected chi connectivity index (χ1v) is 6.11. The third kappa shape index (κ3) is 3.70. The van der Waals surface area contributed by atoms with Crippen LogP contribution in [0.4, 0.5) is 0 Å². The number of rotatable bonds is 5. The Morgan fingerprint density at radius 2 is 2.00 bits per heavy atom. The molecule has 1 atom stereocenters. The van der Waals surface area contributed by atoms with Crippen LogP contribution in [-0.4, -0.2) is 6.10 Å². The van der Waals surface area contributed by atoms with Crippen LogP contribution in [0.1, 0.15) is 31.7 Å². The van der Waals surface area contributed by atoms with Crippen molar-refractivity contribution in [3.63, 3.8) is 0 Å². The van der Waals surface area contributed by atoms with E-state index in [-0.39, 0.29) is 30.9 Å². The van der Waals surface area contributed by atoms with Crippen molar-refractivity contribution < 1.29 is 28.7 Å². The molecule has 0 aromatic heterocycles. The van der Waals surface area contributed by atoms with Crippen LogP contribution >= 0.6 is 0 Å². The zero-order chi connectivity index (χ0) is 12.1. The summed E-state index contributed by atoms with van der Waals surface area (Å²) in [7, 11) is 0. The molecular weight excluding hydrogens is 219 g/mol. The Kier molecular flexibility index (Phi) is 6.11. The first-order chi connectivity index (χ1) is 8.31. The summed E-state index contributed by atoms with van der Waals surface area (Å²) in [5.74, 6) is -0.124. The Labute approximate surface area is 121 Å². The molecule has 18 heavy (non-hydrogen) atoms. The van der Waals surface area contributed by atoms with Gasteiger partial charge in [0, 0.05) is 6.10 Å². The minimum Gasteiger partial charge on any atom is -0.601 e. The maximum atomic E-state index is 11.3. The summed E-state index contributed by atoms with van der Waals surface area (Å²) in [5, 5.41) is 11.3. The van der Waals surface area contributed by atoms with Crippen molar-refractivity contribution in [2.75, 3.05) is 0 Å². The van der Waals surface area contributed by atoms with Crippen LogP contribution in [0.5, 0.6) is 0 Å². The van der Waals surface area contributed by atoms with E-state index in [0.29, 0.717) is 0 Å². The molecule has 0 spiro atoms. The summed E-state index contributed by atoms with van der Waals surface area (Å²) in [6.45, 7) is 2.12. The molecule has 0 radical (unpaired) electrons. The van der Waals surface area contributed by atoms with Gasteiger partial charge in [-0.25, -0.2) is 0 Å². The van der Waals surface area contributed by atoms with Crippen LogP contribution in [0.2, 0.25) is 0 Å². The molecule has 2 rings (SSSR count). The van der Waals surface area contributed by atoms with E-state index in [1.54, 1.807) is 0 Å². The number of unbranched alkanes of at least 4 members (excludes halogenated alkanes) is 1. The summed E-state index contributed by atoms with van der Waals surface area (Å²) < 4.78 is 5.11. The van der Waals surface area contributed by atoms with Crippen LogP contribution in [0.15, 0.2) is 47.9 Å². The van der Waals surface area contributed by atoms with Crippen molar-refractivity contribution in [1.82, 2.24) is 0 Å². The van der Waals surface area contributed by atoms with E-state index in [0.717, 1.165) is 30.4 Å². The number of hydrogen-bond acceptors (Lipinski definition) is 2. The molecule has 1 aliphatic rings. The maximum Gasteiger partial charge on any atom is 1.00 e. The Morgan fingerprint density at radius 3 is 2.61 bits per heavy atom. The van der Waals surface area contributed by atoms with Crippen LogP contribution in [-0.2, 0) is 4.74 Å². The number of ether oxygens (including phenoxy) is 1. The van der Waals surface area contributed by atoms with Gasteiger partial charge in [-0.2, -0.15) is 0 Å². The quantitative estimate of drug-likeness (QED) is 0.667. The van der Waals surface area contributed by atoms with Crippen molar-refractivity contribution in [2.24, 2.45) is 0 Å². The fourth-order valence-corrected chi connectivity index (χ4v) is 1.85. The van der Waals surface area contributed by atoms with Crippen molar-refractivity contribution in [2.45, 2.75) is 32.3 Å². The Hall–Kier alpha value is -1.10. The van der Waals surface area contributed by atoms with Crippen molar-refractivity contribution in [3.05, 3.63) is 53.5 Å². The average Bonchev–Trinajstić information content (AvgIpc) is 2.36. The minimum absolute atomic E-state index is 0.